The number of ether oxygens (including phenoxy) is 2. The standard InChI is InChI=1S/C16H20N4O5S/c1-17-13(21)8-20(2)14(22)9-26-16-19-18-15(25-16)10-5-11(23-3)7-12(6-10)24-4/h5-7H,8-9H2,1-4H3,(H,17,21). The maximum Gasteiger partial charge on any atom is 0.277 e. The molecule has 0 aliphatic rings. The number of nitrogens with one attached hydrogen (secondary N) is 1. The molecule has 1 aromatic heterocycles. The first kappa shape index (κ1) is 19.6. The Kier molecular flexibility index (Phi) is 6.84. The van der Waals surface area contributed by atoms with Gasteiger partial charge in [0.15, 0.2) is 0 Å². The third kappa shape index (κ3) is 5.12. The molecule has 1 aromatic carbocycles. The third-order valence-corrected chi connectivity index (χ3v) is 4.21. The summed E-state index contributed by atoms with van der Waals surface area (Å²) in [5.74, 6) is 1.10. The van der Waals surface area contributed by atoms with Crippen molar-refractivity contribution in [1.29, 1.82) is 0 Å². The van der Waals surface area contributed by atoms with E-state index in [2.05, 4.69) is 15.5 Å². The quantitative estimate of drug-likeness (QED) is 0.677. The van der Waals surface area contributed by atoms with Crippen LogP contribution in [0.5, 0.6) is 11.5 Å². The molecule has 26 heavy (non-hydrogen) atoms. The minimum atomic E-state index is -0.238. The van der Waals surface area contributed by atoms with Gasteiger partial charge in [-0.3, -0.25) is 9.59 Å². The summed E-state index contributed by atoms with van der Waals surface area (Å²) in [6, 6.07) is 5.22. The molecular formula is C16H20N4O5S. The van der Waals surface area contributed by atoms with Gasteiger partial charge in [-0.2, -0.15) is 0 Å². The van der Waals surface area contributed by atoms with Crippen LogP contribution in [0.3, 0.4) is 0 Å². The van der Waals surface area contributed by atoms with Crippen LogP contribution in [0.2, 0.25) is 0 Å². The van der Waals surface area contributed by atoms with Crippen molar-refractivity contribution < 1.29 is 23.5 Å². The molecule has 0 radical (unpaired) electrons. The molecule has 0 saturated carbocycles. The van der Waals surface area contributed by atoms with Crippen LogP contribution >= 0.6 is 11.8 Å². The highest BCUT2D eigenvalue weighted by Gasteiger charge is 2.16. The summed E-state index contributed by atoms with van der Waals surface area (Å²) in [5.41, 5.74) is 0.642. The van der Waals surface area contributed by atoms with E-state index in [1.807, 2.05) is 0 Å². The van der Waals surface area contributed by atoms with E-state index in [4.69, 9.17) is 13.9 Å². The molecule has 2 amide bonds. The first-order valence-corrected chi connectivity index (χ1v) is 8.59. The molecule has 1 N–H and O–H groups in total. The van der Waals surface area contributed by atoms with Gasteiger partial charge >= 0.3 is 0 Å². The van der Waals surface area contributed by atoms with Gasteiger partial charge < -0.3 is 24.1 Å². The van der Waals surface area contributed by atoms with Gasteiger partial charge in [-0.25, -0.2) is 0 Å². The Morgan fingerprint density at radius 1 is 1.19 bits per heavy atom. The first-order valence-electron chi connectivity index (χ1n) is 7.61. The molecule has 2 aromatic rings. The van der Waals surface area contributed by atoms with Crippen LogP contribution in [-0.4, -0.2) is 67.5 Å². The Balaban J connectivity index is 2.02. The molecule has 9 nitrogen and oxygen atoms in total. The number of hydrogen-bond donors (Lipinski definition) is 1. The maximum atomic E-state index is 12.0. The summed E-state index contributed by atoms with van der Waals surface area (Å²) in [4.78, 5) is 24.6. The predicted molar refractivity (Wildman–Crippen MR) is 95.3 cm³/mol. The number of nitrogens with zero attached hydrogens (tertiary/aromatic N) is 3. The van der Waals surface area contributed by atoms with E-state index in [-0.39, 0.29) is 35.2 Å². The number of methoxy groups -OCH3 is 2. The third-order valence-electron chi connectivity index (χ3n) is 3.41. The molecule has 0 atom stereocenters. The van der Waals surface area contributed by atoms with Crippen molar-refractivity contribution in [3.05, 3.63) is 18.2 Å². The molecule has 0 spiro atoms. The van der Waals surface area contributed by atoms with Crippen LogP contribution in [0.15, 0.2) is 27.8 Å². The Bertz CT molecular complexity index is 758. The summed E-state index contributed by atoms with van der Waals surface area (Å²) in [6.45, 7) is -0.00538. The molecule has 0 saturated heterocycles. The highest BCUT2D eigenvalue weighted by Crippen LogP contribution is 2.30. The molecule has 0 aliphatic heterocycles. The fourth-order valence-corrected chi connectivity index (χ4v) is 2.64. The number of hydrogen-bond acceptors (Lipinski definition) is 8. The molecule has 0 aliphatic carbocycles. The molecule has 2 rings (SSSR count). The van der Waals surface area contributed by atoms with Gasteiger partial charge in [-0.1, -0.05) is 11.8 Å². The zero-order chi connectivity index (χ0) is 19.1. The van der Waals surface area contributed by atoms with E-state index in [9.17, 15) is 9.59 Å². The molecule has 0 bridgehead atoms. The topological polar surface area (TPSA) is 107 Å². The van der Waals surface area contributed by atoms with E-state index in [1.54, 1.807) is 39.5 Å². The van der Waals surface area contributed by atoms with E-state index in [0.717, 1.165) is 11.8 Å². The molecule has 10 heteroatoms. The number of likely N-dealkylation sites (N-methyl/N-ethyl adjacent to an activating group) is 2. The molecular weight excluding hydrogens is 360 g/mol. The Morgan fingerprint density at radius 3 is 2.42 bits per heavy atom. The summed E-state index contributed by atoms with van der Waals surface area (Å²) in [5, 5.41) is 10.6. The summed E-state index contributed by atoms with van der Waals surface area (Å²) >= 11 is 1.10. The summed E-state index contributed by atoms with van der Waals surface area (Å²) in [6.07, 6.45) is 0. The van der Waals surface area contributed by atoms with Crippen LogP contribution < -0.4 is 14.8 Å². The van der Waals surface area contributed by atoms with E-state index in [1.165, 1.54) is 11.9 Å². The van der Waals surface area contributed by atoms with Gasteiger partial charge in [0.25, 0.3) is 5.22 Å². The van der Waals surface area contributed by atoms with Crippen LogP contribution in [0, 0.1) is 0 Å². The number of carbonyl (C=O) groups is 2. The maximum absolute atomic E-state index is 12.0. The Morgan fingerprint density at radius 2 is 1.85 bits per heavy atom. The second-order valence-corrected chi connectivity index (χ2v) is 6.11. The van der Waals surface area contributed by atoms with Crippen molar-refractivity contribution in [1.82, 2.24) is 20.4 Å². The second-order valence-electron chi connectivity index (χ2n) is 5.19. The SMILES string of the molecule is CNC(=O)CN(C)C(=O)CSc1nnc(-c2cc(OC)cc(OC)c2)o1. The number of benzene rings is 1. The van der Waals surface area contributed by atoms with Crippen molar-refractivity contribution >= 4 is 23.6 Å². The smallest absolute Gasteiger partial charge is 0.277 e. The van der Waals surface area contributed by atoms with Gasteiger partial charge in [-0.05, 0) is 12.1 Å². The second kappa shape index (κ2) is 9.09. The van der Waals surface area contributed by atoms with E-state index < -0.39 is 0 Å². The highest BCUT2D eigenvalue weighted by molar-refractivity contribution is 7.99. The molecule has 0 unspecified atom stereocenters. The van der Waals surface area contributed by atoms with Gasteiger partial charge in [-0.15, -0.1) is 10.2 Å². The molecule has 140 valence electrons. The number of carbonyl (C=O) groups excluding carboxylic acids is 2. The highest BCUT2D eigenvalue weighted by atomic mass is 32.2. The fraction of sp³-hybridized carbons (Fsp3) is 0.375. The number of thioether (sulfide) groups is 1. The minimum absolute atomic E-state index is 0.00538. The Hall–Kier alpha value is -2.75. The first-order chi connectivity index (χ1) is 12.5. The predicted octanol–water partition coefficient (Wildman–Crippen LogP) is 1.05. The lowest BCUT2D eigenvalue weighted by Crippen LogP contribution is -2.37. The van der Waals surface area contributed by atoms with Crippen molar-refractivity contribution in [3.63, 3.8) is 0 Å². The van der Waals surface area contributed by atoms with Crippen molar-refractivity contribution in [3.8, 4) is 23.0 Å². The minimum Gasteiger partial charge on any atom is -0.497 e. The van der Waals surface area contributed by atoms with Gasteiger partial charge in [0.1, 0.15) is 11.5 Å². The number of aromatic nitrogens is 2. The average molecular weight is 380 g/mol. The Labute approximate surface area is 155 Å². The van der Waals surface area contributed by atoms with Crippen molar-refractivity contribution in [2.75, 3.05) is 40.6 Å². The van der Waals surface area contributed by atoms with Crippen LogP contribution in [0.1, 0.15) is 0 Å². The molecule has 0 fully saturated rings. The zero-order valence-electron chi connectivity index (χ0n) is 14.9. The average Bonchev–Trinajstić information content (AvgIpc) is 3.14. The summed E-state index contributed by atoms with van der Waals surface area (Å²) < 4.78 is 16.0. The van der Waals surface area contributed by atoms with Crippen LogP contribution in [0.4, 0.5) is 0 Å². The number of rotatable bonds is 8. The lowest BCUT2D eigenvalue weighted by atomic mass is 10.2. The fourth-order valence-electron chi connectivity index (χ4n) is 1.93. The van der Waals surface area contributed by atoms with Crippen LogP contribution in [0.25, 0.3) is 11.5 Å². The van der Waals surface area contributed by atoms with Crippen molar-refractivity contribution in [2.45, 2.75) is 5.22 Å². The van der Waals surface area contributed by atoms with Gasteiger partial charge in [0.2, 0.25) is 17.7 Å². The largest absolute Gasteiger partial charge is 0.497 e. The van der Waals surface area contributed by atoms with E-state index in [0.29, 0.717) is 17.1 Å². The molecule has 1 heterocycles. The van der Waals surface area contributed by atoms with Gasteiger partial charge in [0.05, 0.1) is 26.5 Å². The lowest BCUT2D eigenvalue weighted by molar-refractivity contribution is -0.132. The monoisotopic (exact) mass is 380 g/mol. The van der Waals surface area contributed by atoms with Gasteiger partial charge in [0, 0.05) is 25.7 Å². The lowest BCUT2D eigenvalue weighted by Gasteiger charge is -2.14. The number of amides is 2. The normalized spacial score (nSPS) is 10.3. The van der Waals surface area contributed by atoms with Crippen molar-refractivity contribution in [2.24, 2.45) is 0 Å². The van der Waals surface area contributed by atoms with E-state index >= 15 is 0 Å². The zero-order valence-corrected chi connectivity index (χ0v) is 15.8. The summed E-state index contributed by atoms with van der Waals surface area (Å²) in [7, 11) is 6.17. The van der Waals surface area contributed by atoms with Crippen LogP contribution in [-0.2, 0) is 9.59 Å².